The van der Waals surface area contributed by atoms with E-state index in [0.717, 1.165) is 18.7 Å². The van der Waals surface area contributed by atoms with Crippen LogP contribution >= 0.6 is 0 Å². The second-order valence-corrected chi connectivity index (χ2v) is 7.47. The van der Waals surface area contributed by atoms with E-state index in [1.807, 2.05) is 30.3 Å². The number of nitrogens with one attached hydrogen (secondary N) is 1. The minimum absolute atomic E-state index is 0.207. The van der Waals surface area contributed by atoms with Gasteiger partial charge >= 0.3 is 0 Å². The van der Waals surface area contributed by atoms with Gasteiger partial charge in [0.05, 0.1) is 13.2 Å². The molecule has 0 aliphatic carbocycles. The van der Waals surface area contributed by atoms with Crippen molar-refractivity contribution in [3.05, 3.63) is 36.5 Å². The second kappa shape index (κ2) is 7.43. The zero-order valence-electron chi connectivity index (χ0n) is 13.7. The van der Waals surface area contributed by atoms with Gasteiger partial charge in [0.1, 0.15) is 10.6 Å². The molecule has 1 aromatic heterocycles. The fourth-order valence-corrected chi connectivity index (χ4v) is 3.92. The van der Waals surface area contributed by atoms with Crippen LogP contribution in [0.5, 0.6) is 0 Å². The van der Waals surface area contributed by atoms with Crippen molar-refractivity contribution in [2.24, 2.45) is 7.05 Å². The molecule has 0 unspecified atom stereocenters. The van der Waals surface area contributed by atoms with E-state index in [9.17, 15) is 8.42 Å². The third kappa shape index (κ3) is 4.02. The fourth-order valence-electron chi connectivity index (χ4n) is 2.70. The van der Waals surface area contributed by atoms with Gasteiger partial charge in [-0.2, -0.15) is 5.10 Å². The van der Waals surface area contributed by atoms with Crippen LogP contribution in [0.3, 0.4) is 0 Å². The molecule has 1 saturated heterocycles. The molecule has 24 heavy (non-hydrogen) atoms. The van der Waals surface area contributed by atoms with Gasteiger partial charge in [-0.05, 0) is 0 Å². The van der Waals surface area contributed by atoms with Gasteiger partial charge in [-0.15, -0.1) is 0 Å². The van der Waals surface area contributed by atoms with Crippen molar-refractivity contribution >= 4 is 10.0 Å². The number of ether oxygens (including phenoxy) is 1. The lowest BCUT2D eigenvalue weighted by Crippen LogP contribution is -2.41. The van der Waals surface area contributed by atoms with Gasteiger partial charge in [-0.25, -0.2) is 13.1 Å². The molecule has 1 aliphatic rings. The van der Waals surface area contributed by atoms with Crippen LogP contribution in [0.25, 0.3) is 11.3 Å². The lowest BCUT2D eigenvalue weighted by molar-refractivity contribution is 0.0390. The van der Waals surface area contributed by atoms with Crippen molar-refractivity contribution in [1.82, 2.24) is 19.4 Å². The number of benzene rings is 1. The van der Waals surface area contributed by atoms with Crippen LogP contribution in [-0.4, -0.2) is 62.5 Å². The number of aryl methyl sites for hydroxylation is 1. The Morgan fingerprint density at radius 1 is 1.21 bits per heavy atom. The summed E-state index contributed by atoms with van der Waals surface area (Å²) < 4.78 is 34.8. The van der Waals surface area contributed by atoms with Crippen molar-refractivity contribution in [3.8, 4) is 11.3 Å². The quantitative estimate of drug-likeness (QED) is 0.830. The molecule has 0 radical (unpaired) electrons. The molecule has 0 bridgehead atoms. The Morgan fingerprint density at radius 3 is 2.62 bits per heavy atom. The zero-order valence-corrected chi connectivity index (χ0v) is 14.5. The molecule has 8 heteroatoms. The monoisotopic (exact) mass is 350 g/mol. The van der Waals surface area contributed by atoms with Crippen LogP contribution in [0, 0.1) is 0 Å². The van der Waals surface area contributed by atoms with Gasteiger partial charge in [0.15, 0.2) is 0 Å². The highest BCUT2D eigenvalue weighted by atomic mass is 32.2. The maximum absolute atomic E-state index is 12.7. The average molecular weight is 350 g/mol. The number of aromatic nitrogens is 2. The summed E-state index contributed by atoms with van der Waals surface area (Å²) in [5, 5.41) is 4.32. The van der Waals surface area contributed by atoms with E-state index in [-0.39, 0.29) is 4.90 Å². The molecule has 130 valence electrons. The molecule has 1 aliphatic heterocycles. The lowest BCUT2D eigenvalue weighted by Gasteiger charge is -2.26. The smallest absolute Gasteiger partial charge is 0.244 e. The summed E-state index contributed by atoms with van der Waals surface area (Å²) in [6.45, 7) is 4.11. The SMILES string of the molecule is Cn1cc(S(=O)(=O)NCCN2CCOCC2)c(-c2ccccc2)n1. The van der Waals surface area contributed by atoms with Gasteiger partial charge in [-0.3, -0.25) is 9.58 Å². The van der Waals surface area contributed by atoms with Crippen molar-refractivity contribution in [3.63, 3.8) is 0 Å². The lowest BCUT2D eigenvalue weighted by atomic mass is 10.2. The molecule has 1 N–H and O–H groups in total. The maximum Gasteiger partial charge on any atom is 0.244 e. The molecule has 0 atom stereocenters. The summed E-state index contributed by atoms with van der Waals surface area (Å²) in [7, 11) is -1.89. The van der Waals surface area contributed by atoms with Gasteiger partial charge in [0.2, 0.25) is 10.0 Å². The number of rotatable bonds is 6. The first-order valence-electron chi connectivity index (χ1n) is 7.95. The first-order chi connectivity index (χ1) is 11.6. The Balaban J connectivity index is 1.72. The minimum Gasteiger partial charge on any atom is -0.379 e. The Bertz CT molecular complexity index is 768. The molecular weight excluding hydrogens is 328 g/mol. The van der Waals surface area contributed by atoms with E-state index < -0.39 is 10.0 Å². The Hall–Kier alpha value is -1.74. The standard InChI is InChI=1S/C16H22N4O3S/c1-19-13-15(16(18-19)14-5-3-2-4-6-14)24(21,22)17-7-8-20-9-11-23-12-10-20/h2-6,13,17H,7-12H2,1H3. The molecule has 0 saturated carbocycles. The summed E-state index contributed by atoms with van der Waals surface area (Å²) >= 11 is 0. The molecule has 7 nitrogen and oxygen atoms in total. The third-order valence-electron chi connectivity index (χ3n) is 3.96. The van der Waals surface area contributed by atoms with Crippen LogP contribution in [0.4, 0.5) is 0 Å². The zero-order chi connectivity index (χ0) is 17.0. The van der Waals surface area contributed by atoms with E-state index in [1.54, 1.807) is 13.2 Å². The van der Waals surface area contributed by atoms with E-state index >= 15 is 0 Å². The maximum atomic E-state index is 12.7. The van der Waals surface area contributed by atoms with Crippen molar-refractivity contribution < 1.29 is 13.2 Å². The van der Waals surface area contributed by atoms with Crippen LogP contribution in [0.15, 0.2) is 41.4 Å². The summed E-state index contributed by atoms with van der Waals surface area (Å²) in [6, 6.07) is 9.34. The largest absolute Gasteiger partial charge is 0.379 e. The van der Waals surface area contributed by atoms with Crippen molar-refractivity contribution in [2.45, 2.75) is 4.90 Å². The number of hydrogen-bond donors (Lipinski definition) is 1. The molecular formula is C16H22N4O3S. The Morgan fingerprint density at radius 2 is 1.92 bits per heavy atom. The van der Waals surface area contributed by atoms with Gasteiger partial charge in [-0.1, -0.05) is 30.3 Å². The van der Waals surface area contributed by atoms with E-state index in [4.69, 9.17) is 4.74 Å². The van der Waals surface area contributed by atoms with Crippen LogP contribution < -0.4 is 4.72 Å². The molecule has 2 aromatic rings. The number of morpholine rings is 1. The molecule has 0 amide bonds. The summed E-state index contributed by atoms with van der Waals surface area (Å²) in [5.41, 5.74) is 1.25. The topological polar surface area (TPSA) is 76.5 Å². The highest BCUT2D eigenvalue weighted by Gasteiger charge is 2.23. The molecule has 2 heterocycles. The summed E-state index contributed by atoms with van der Waals surface area (Å²) in [6.07, 6.45) is 1.54. The summed E-state index contributed by atoms with van der Waals surface area (Å²) in [5.74, 6) is 0. The van der Waals surface area contributed by atoms with E-state index in [2.05, 4.69) is 14.7 Å². The van der Waals surface area contributed by atoms with Crippen molar-refractivity contribution in [1.29, 1.82) is 0 Å². The molecule has 1 aromatic carbocycles. The number of sulfonamides is 1. The predicted molar refractivity (Wildman–Crippen MR) is 91.1 cm³/mol. The Kier molecular flexibility index (Phi) is 5.30. The number of hydrogen-bond acceptors (Lipinski definition) is 5. The third-order valence-corrected chi connectivity index (χ3v) is 5.42. The van der Waals surface area contributed by atoms with Crippen molar-refractivity contribution in [2.75, 3.05) is 39.4 Å². The molecule has 1 fully saturated rings. The first-order valence-corrected chi connectivity index (χ1v) is 9.43. The normalized spacial score (nSPS) is 16.4. The summed E-state index contributed by atoms with van der Waals surface area (Å²) in [4.78, 5) is 2.39. The van der Waals surface area contributed by atoms with Crippen LogP contribution in [-0.2, 0) is 21.8 Å². The molecule has 3 rings (SSSR count). The minimum atomic E-state index is -3.61. The predicted octanol–water partition coefficient (Wildman–Crippen LogP) is 0.698. The molecule has 0 spiro atoms. The average Bonchev–Trinajstić information content (AvgIpc) is 2.99. The highest BCUT2D eigenvalue weighted by molar-refractivity contribution is 7.89. The fraction of sp³-hybridized carbons (Fsp3) is 0.438. The van der Waals surface area contributed by atoms with E-state index in [1.165, 1.54) is 4.68 Å². The number of nitrogens with zero attached hydrogens (tertiary/aromatic N) is 3. The first kappa shape index (κ1) is 17.1. The van der Waals surface area contributed by atoms with Crippen LogP contribution in [0.1, 0.15) is 0 Å². The van der Waals surface area contributed by atoms with E-state index in [0.29, 0.717) is 32.0 Å². The van der Waals surface area contributed by atoms with Crippen LogP contribution in [0.2, 0.25) is 0 Å². The highest BCUT2D eigenvalue weighted by Crippen LogP contribution is 2.25. The van der Waals surface area contributed by atoms with Gasteiger partial charge < -0.3 is 4.74 Å². The van der Waals surface area contributed by atoms with Gasteiger partial charge in [0, 0.05) is 45.0 Å². The Labute approximate surface area is 142 Å². The van der Waals surface area contributed by atoms with Gasteiger partial charge in [0.25, 0.3) is 0 Å². The second-order valence-electron chi connectivity index (χ2n) is 5.73.